The van der Waals surface area contributed by atoms with Crippen LogP contribution in [0.25, 0.3) is 22.3 Å². The number of fused-ring (bicyclic) bond motifs is 1. The van der Waals surface area contributed by atoms with Gasteiger partial charge in [-0.25, -0.2) is 0 Å². The van der Waals surface area contributed by atoms with Gasteiger partial charge in [0, 0.05) is 17.7 Å². The average Bonchev–Trinajstić information content (AvgIpc) is 2.82. The van der Waals surface area contributed by atoms with Gasteiger partial charge in [0.15, 0.2) is 17.3 Å². The van der Waals surface area contributed by atoms with Gasteiger partial charge in [-0.1, -0.05) is 0 Å². The summed E-state index contributed by atoms with van der Waals surface area (Å²) < 4.78 is 27.3. The molecule has 1 saturated heterocycles. The second kappa shape index (κ2) is 9.15. The van der Waals surface area contributed by atoms with Crippen LogP contribution in [0.2, 0.25) is 0 Å². The molecule has 35 heavy (non-hydrogen) atoms. The fourth-order valence-corrected chi connectivity index (χ4v) is 3.82. The summed E-state index contributed by atoms with van der Waals surface area (Å²) in [5.74, 6) is -2.16. The third kappa shape index (κ3) is 4.17. The minimum atomic E-state index is -1.75. The van der Waals surface area contributed by atoms with Crippen LogP contribution in [0.3, 0.4) is 0 Å². The molecule has 0 radical (unpaired) electrons. The Morgan fingerprint density at radius 2 is 1.51 bits per heavy atom. The van der Waals surface area contributed by atoms with Crippen molar-refractivity contribution < 1.29 is 54.0 Å². The number of aromatic hydroxyl groups is 3. The van der Waals surface area contributed by atoms with Crippen molar-refractivity contribution in [2.45, 2.75) is 37.6 Å². The quantitative estimate of drug-likeness (QED) is 0.294. The third-order valence-electron chi connectivity index (χ3n) is 5.70. The molecule has 0 saturated carbocycles. The Hall–Kier alpha value is -3.71. The van der Waals surface area contributed by atoms with Crippen molar-refractivity contribution in [2.75, 3.05) is 14.2 Å². The molecule has 0 amide bonds. The molecular formula is C23H24O12. The van der Waals surface area contributed by atoms with Gasteiger partial charge in [-0.15, -0.1) is 0 Å². The van der Waals surface area contributed by atoms with Crippen LogP contribution in [0.5, 0.6) is 34.5 Å². The number of hydrogen-bond acceptors (Lipinski definition) is 12. The highest BCUT2D eigenvalue weighted by molar-refractivity contribution is 5.88. The summed E-state index contributed by atoms with van der Waals surface area (Å²) in [7, 11) is 2.59. The summed E-state index contributed by atoms with van der Waals surface area (Å²) in [5.41, 5.74) is -0.976. The van der Waals surface area contributed by atoms with E-state index < -0.39 is 47.6 Å². The summed E-state index contributed by atoms with van der Waals surface area (Å²) in [6.07, 6.45) is -7.37. The SMILES string of the molecule is COc1cc(-c2oc3cc(O)cc(O)c3c(=O)c2O[C@@H]2O[C@@H](C)[C@H](O)[C@@H](O)[C@@H]2O)cc(OC)c1O. The van der Waals surface area contributed by atoms with Crippen molar-refractivity contribution in [2.24, 2.45) is 0 Å². The normalized spacial score (nSPS) is 24.3. The Morgan fingerprint density at radius 3 is 2.11 bits per heavy atom. The Kier molecular flexibility index (Phi) is 6.38. The molecule has 2 heterocycles. The van der Waals surface area contributed by atoms with E-state index in [1.54, 1.807) is 0 Å². The van der Waals surface area contributed by atoms with Gasteiger partial charge in [-0.05, 0) is 19.1 Å². The van der Waals surface area contributed by atoms with Crippen LogP contribution >= 0.6 is 0 Å². The van der Waals surface area contributed by atoms with Crippen molar-refractivity contribution in [3.63, 3.8) is 0 Å². The van der Waals surface area contributed by atoms with Gasteiger partial charge < -0.3 is 54.0 Å². The summed E-state index contributed by atoms with van der Waals surface area (Å²) in [5, 5.41) is 60.6. The van der Waals surface area contributed by atoms with E-state index in [-0.39, 0.29) is 45.3 Å². The number of phenols is 3. The largest absolute Gasteiger partial charge is 0.508 e. The monoisotopic (exact) mass is 492 g/mol. The minimum Gasteiger partial charge on any atom is -0.508 e. The van der Waals surface area contributed by atoms with Crippen molar-refractivity contribution >= 4 is 11.0 Å². The van der Waals surface area contributed by atoms with Crippen molar-refractivity contribution in [1.29, 1.82) is 0 Å². The van der Waals surface area contributed by atoms with Crippen molar-refractivity contribution in [3.05, 3.63) is 34.5 Å². The van der Waals surface area contributed by atoms with Crippen LogP contribution in [-0.4, -0.2) is 75.6 Å². The van der Waals surface area contributed by atoms with E-state index in [1.807, 2.05) is 0 Å². The zero-order valence-corrected chi connectivity index (χ0v) is 18.8. The summed E-state index contributed by atoms with van der Waals surface area (Å²) >= 11 is 0. The van der Waals surface area contributed by atoms with E-state index in [0.717, 1.165) is 12.1 Å². The van der Waals surface area contributed by atoms with E-state index in [2.05, 4.69) is 0 Å². The minimum absolute atomic E-state index is 0.0343. The van der Waals surface area contributed by atoms with E-state index in [4.69, 9.17) is 23.4 Å². The first-order valence-electron chi connectivity index (χ1n) is 10.4. The van der Waals surface area contributed by atoms with Crippen LogP contribution in [0.15, 0.2) is 33.5 Å². The highest BCUT2D eigenvalue weighted by atomic mass is 16.7. The summed E-state index contributed by atoms with van der Waals surface area (Å²) in [4.78, 5) is 13.5. The van der Waals surface area contributed by atoms with Crippen LogP contribution < -0.4 is 19.6 Å². The lowest BCUT2D eigenvalue weighted by atomic mass is 10.00. The van der Waals surface area contributed by atoms with Gasteiger partial charge in [-0.3, -0.25) is 4.79 Å². The molecule has 12 heteroatoms. The van der Waals surface area contributed by atoms with Gasteiger partial charge >= 0.3 is 0 Å². The molecule has 2 aromatic carbocycles. The molecular weight excluding hydrogens is 468 g/mol. The maximum Gasteiger partial charge on any atom is 0.239 e. The predicted octanol–water partition coefficient (Wildman–Crippen LogP) is 0.800. The molecule has 6 N–H and O–H groups in total. The van der Waals surface area contributed by atoms with Gasteiger partial charge in [0.25, 0.3) is 0 Å². The van der Waals surface area contributed by atoms with E-state index in [1.165, 1.54) is 33.3 Å². The Bertz CT molecular complexity index is 1290. The highest BCUT2D eigenvalue weighted by Crippen LogP contribution is 2.43. The van der Waals surface area contributed by atoms with Gasteiger partial charge in [0.05, 0.1) is 20.3 Å². The van der Waals surface area contributed by atoms with E-state index in [9.17, 15) is 35.4 Å². The van der Waals surface area contributed by atoms with Crippen LogP contribution in [-0.2, 0) is 4.74 Å². The third-order valence-corrected chi connectivity index (χ3v) is 5.70. The highest BCUT2D eigenvalue weighted by Gasteiger charge is 2.44. The number of benzene rings is 2. The fourth-order valence-electron chi connectivity index (χ4n) is 3.82. The Morgan fingerprint density at radius 1 is 0.886 bits per heavy atom. The van der Waals surface area contributed by atoms with Gasteiger partial charge in [-0.2, -0.15) is 0 Å². The summed E-state index contributed by atoms with van der Waals surface area (Å²) in [6, 6.07) is 4.67. The molecule has 4 rings (SSSR count). The van der Waals surface area contributed by atoms with Crippen molar-refractivity contribution in [1.82, 2.24) is 0 Å². The molecule has 12 nitrogen and oxygen atoms in total. The lowest BCUT2D eigenvalue weighted by molar-refractivity contribution is -0.268. The first kappa shape index (κ1) is 24.4. The zero-order valence-electron chi connectivity index (χ0n) is 18.8. The average molecular weight is 492 g/mol. The zero-order chi connectivity index (χ0) is 25.6. The predicted molar refractivity (Wildman–Crippen MR) is 119 cm³/mol. The number of ether oxygens (including phenoxy) is 4. The molecule has 1 aliphatic rings. The number of methoxy groups -OCH3 is 2. The second-order valence-corrected chi connectivity index (χ2v) is 7.96. The van der Waals surface area contributed by atoms with Crippen LogP contribution in [0.1, 0.15) is 6.92 Å². The number of aliphatic hydroxyl groups excluding tert-OH is 3. The second-order valence-electron chi connectivity index (χ2n) is 7.96. The lowest BCUT2D eigenvalue weighted by Gasteiger charge is -2.38. The van der Waals surface area contributed by atoms with Gasteiger partial charge in [0.1, 0.15) is 40.8 Å². The number of rotatable bonds is 5. The van der Waals surface area contributed by atoms with Gasteiger partial charge in [0.2, 0.25) is 23.2 Å². The molecule has 0 bridgehead atoms. The first-order valence-corrected chi connectivity index (χ1v) is 10.4. The Balaban J connectivity index is 1.97. The molecule has 1 fully saturated rings. The molecule has 188 valence electrons. The van der Waals surface area contributed by atoms with Crippen LogP contribution in [0.4, 0.5) is 0 Å². The number of hydrogen-bond donors (Lipinski definition) is 6. The van der Waals surface area contributed by atoms with Crippen LogP contribution in [0, 0.1) is 0 Å². The lowest BCUT2D eigenvalue weighted by Crippen LogP contribution is -2.58. The molecule has 1 aromatic heterocycles. The molecule has 0 unspecified atom stereocenters. The summed E-state index contributed by atoms with van der Waals surface area (Å²) in [6.45, 7) is 1.43. The first-order chi connectivity index (χ1) is 16.6. The molecule has 0 spiro atoms. The van der Waals surface area contributed by atoms with E-state index >= 15 is 0 Å². The van der Waals surface area contributed by atoms with Crippen molar-refractivity contribution in [3.8, 4) is 45.8 Å². The topological polar surface area (TPSA) is 189 Å². The maximum atomic E-state index is 13.5. The molecule has 5 atom stereocenters. The molecule has 1 aliphatic heterocycles. The molecule has 0 aliphatic carbocycles. The standard InChI is InChI=1S/C23H24O12/c1-8-16(26)19(29)20(30)23(33-8)35-22-18(28)15-11(25)6-10(24)7-12(15)34-21(22)9-4-13(31-2)17(27)14(5-9)32-3/h4-8,16,19-20,23-27,29-30H,1-3H3/t8-,16-,19+,20-,23-/m0/s1. The van der Waals surface area contributed by atoms with E-state index in [0.29, 0.717) is 0 Å². The molecule has 3 aromatic rings. The smallest absolute Gasteiger partial charge is 0.239 e. The fraction of sp³-hybridized carbons (Fsp3) is 0.348. The maximum absolute atomic E-state index is 13.5. The Labute approximate surface area is 197 Å². The number of phenolic OH excluding ortho intramolecular Hbond substituents is 3. The number of aliphatic hydroxyl groups is 3.